The van der Waals surface area contributed by atoms with Gasteiger partial charge in [-0.3, -0.25) is 0 Å². The van der Waals surface area contributed by atoms with Crippen LogP contribution in [0, 0.1) is 23.7 Å². The second kappa shape index (κ2) is 8.30. The Hall–Kier alpha value is -1.08. The monoisotopic (exact) mass is 352 g/mol. The van der Waals surface area contributed by atoms with Crippen molar-refractivity contribution in [3.8, 4) is 0 Å². The summed E-state index contributed by atoms with van der Waals surface area (Å²) in [5.41, 5.74) is 4.81. The van der Waals surface area contributed by atoms with Crippen LogP contribution in [0.1, 0.15) is 68.6 Å². The van der Waals surface area contributed by atoms with Gasteiger partial charge in [-0.1, -0.05) is 31.2 Å². The van der Waals surface area contributed by atoms with E-state index in [1.165, 1.54) is 69.8 Å². The molecule has 0 bridgehead atoms. The highest BCUT2D eigenvalue weighted by molar-refractivity contribution is 5.34. The van der Waals surface area contributed by atoms with Crippen molar-refractivity contribution in [3.05, 3.63) is 47.5 Å². The van der Waals surface area contributed by atoms with E-state index in [-0.39, 0.29) is 0 Å². The van der Waals surface area contributed by atoms with Crippen molar-refractivity contribution in [1.29, 1.82) is 0 Å². The molecule has 4 rings (SSSR count). The van der Waals surface area contributed by atoms with E-state index in [1.807, 2.05) is 6.08 Å². The predicted molar refractivity (Wildman–Crippen MR) is 109 cm³/mol. The van der Waals surface area contributed by atoms with Crippen LogP contribution in [0.2, 0.25) is 0 Å². The van der Waals surface area contributed by atoms with Crippen molar-refractivity contribution >= 4 is 0 Å². The standard InChI is InChI=1S/C25H36O/c1-3-13-26-25-12-11-23-16-22(9-10-24(23)17-25)21-8-7-19-14-18(4-2)5-6-20(19)15-21/h3,5-6,14,21-25H,1,4,7-13,15-17H2,2H3. The van der Waals surface area contributed by atoms with Gasteiger partial charge in [-0.15, -0.1) is 6.58 Å². The molecular weight excluding hydrogens is 316 g/mol. The van der Waals surface area contributed by atoms with Crippen LogP contribution in [0.15, 0.2) is 30.9 Å². The smallest absolute Gasteiger partial charge is 0.0648 e. The lowest BCUT2D eigenvalue weighted by atomic mass is 9.62. The first kappa shape index (κ1) is 18.3. The first-order valence-electron chi connectivity index (χ1n) is 11.1. The van der Waals surface area contributed by atoms with Gasteiger partial charge in [0.25, 0.3) is 0 Å². The van der Waals surface area contributed by atoms with Crippen LogP contribution in [-0.2, 0) is 24.0 Å². The topological polar surface area (TPSA) is 9.23 Å². The van der Waals surface area contributed by atoms with Crippen molar-refractivity contribution in [2.45, 2.75) is 77.2 Å². The van der Waals surface area contributed by atoms with Gasteiger partial charge in [-0.05, 0) is 105 Å². The molecule has 0 radical (unpaired) electrons. The summed E-state index contributed by atoms with van der Waals surface area (Å²) in [6, 6.07) is 7.28. The largest absolute Gasteiger partial charge is 0.374 e. The van der Waals surface area contributed by atoms with E-state index in [0.29, 0.717) is 6.10 Å². The van der Waals surface area contributed by atoms with E-state index in [1.54, 1.807) is 11.1 Å². The predicted octanol–water partition coefficient (Wildman–Crippen LogP) is 6.14. The summed E-state index contributed by atoms with van der Waals surface area (Å²) in [6.07, 6.45) is 16.0. The summed E-state index contributed by atoms with van der Waals surface area (Å²) in [4.78, 5) is 0. The zero-order valence-electron chi connectivity index (χ0n) is 16.6. The summed E-state index contributed by atoms with van der Waals surface area (Å²) < 4.78 is 5.96. The van der Waals surface area contributed by atoms with Gasteiger partial charge in [0.2, 0.25) is 0 Å². The number of aryl methyl sites for hydroxylation is 2. The van der Waals surface area contributed by atoms with Crippen LogP contribution in [0.4, 0.5) is 0 Å². The van der Waals surface area contributed by atoms with Crippen LogP contribution in [0.3, 0.4) is 0 Å². The molecule has 26 heavy (non-hydrogen) atoms. The van der Waals surface area contributed by atoms with Crippen molar-refractivity contribution in [3.63, 3.8) is 0 Å². The Kier molecular flexibility index (Phi) is 5.84. The van der Waals surface area contributed by atoms with E-state index in [9.17, 15) is 0 Å². The number of hydrogen-bond acceptors (Lipinski definition) is 1. The summed E-state index contributed by atoms with van der Waals surface area (Å²) >= 11 is 0. The van der Waals surface area contributed by atoms with Gasteiger partial charge in [0.1, 0.15) is 0 Å². The minimum Gasteiger partial charge on any atom is -0.374 e. The van der Waals surface area contributed by atoms with E-state index < -0.39 is 0 Å². The Morgan fingerprint density at radius 1 is 0.962 bits per heavy atom. The second-order valence-electron chi connectivity index (χ2n) is 9.11. The molecule has 0 spiro atoms. The van der Waals surface area contributed by atoms with Crippen LogP contribution in [0.5, 0.6) is 0 Å². The molecule has 2 saturated carbocycles. The molecule has 3 aliphatic rings. The molecule has 5 unspecified atom stereocenters. The van der Waals surface area contributed by atoms with Gasteiger partial charge in [-0.2, -0.15) is 0 Å². The third kappa shape index (κ3) is 3.93. The highest BCUT2D eigenvalue weighted by atomic mass is 16.5. The molecule has 3 aliphatic carbocycles. The second-order valence-corrected chi connectivity index (χ2v) is 9.11. The zero-order valence-corrected chi connectivity index (χ0v) is 16.6. The average Bonchev–Trinajstić information content (AvgIpc) is 2.70. The maximum atomic E-state index is 5.96. The van der Waals surface area contributed by atoms with Gasteiger partial charge in [0.15, 0.2) is 0 Å². The number of benzene rings is 1. The lowest BCUT2D eigenvalue weighted by Gasteiger charge is -2.44. The minimum atomic E-state index is 0.500. The Labute approximate surface area is 160 Å². The minimum absolute atomic E-state index is 0.500. The van der Waals surface area contributed by atoms with Crippen LogP contribution in [0.25, 0.3) is 0 Å². The molecule has 0 amide bonds. The van der Waals surface area contributed by atoms with E-state index in [0.717, 1.165) is 30.3 Å². The van der Waals surface area contributed by atoms with Crippen LogP contribution in [-0.4, -0.2) is 12.7 Å². The fourth-order valence-electron chi connectivity index (χ4n) is 6.12. The quantitative estimate of drug-likeness (QED) is 0.578. The van der Waals surface area contributed by atoms with Crippen molar-refractivity contribution < 1.29 is 4.74 Å². The van der Waals surface area contributed by atoms with Crippen LogP contribution >= 0.6 is 0 Å². The molecule has 0 saturated heterocycles. The van der Waals surface area contributed by atoms with Gasteiger partial charge in [0, 0.05) is 0 Å². The van der Waals surface area contributed by atoms with Gasteiger partial charge >= 0.3 is 0 Å². The fourth-order valence-corrected chi connectivity index (χ4v) is 6.12. The summed E-state index contributed by atoms with van der Waals surface area (Å²) in [5, 5.41) is 0. The normalized spacial score (nSPS) is 34.0. The Morgan fingerprint density at radius 3 is 2.54 bits per heavy atom. The van der Waals surface area contributed by atoms with Gasteiger partial charge in [-0.25, -0.2) is 0 Å². The van der Waals surface area contributed by atoms with E-state index in [4.69, 9.17) is 4.74 Å². The molecule has 1 heteroatoms. The number of ether oxygens (including phenoxy) is 1. The molecule has 0 aliphatic heterocycles. The molecule has 1 aromatic rings. The summed E-state index contributed by atoms with van der Waals surface area (Å²) in [7, 11) is 0. The number of fused-ring (bicyclic) bond motifs is 2. The lowest BCUT2D eigenvalue weighted by molar-refractivity contribution is -0.0137. The highest BCUT2D eigenvalue weighted by Crippen LogP contribution is 2.47. The molecule has 142 valence electrons. The Balaban J connectivity index is 1.34. The number of rotatable bonds is 5. The first-order chi connectivity index (χ1) is 12.8. The zero-order chi connectivity index (χ0) is 17.9. The molecular formula is C25H36O. The lowest BCUT2D eigenvalue weighted by Crippen LogP contribution is -2.37. The van der Waals surface area contributed by atoms with Crippen molar-refractivity contribution in [2.75, 3.05) is 6.61 Å². The molecule has 1 aromatic carbocycles. The third-order valence-corrected chi connectivity index (χ3v) is 7.67. The van der Waals surface area contributed by atoms with Crippen molar-refractivity contribution in [1.82, 2.24) is 0 Å². The summed E-state index contributed by atoms with van der Waals surface area (Å²) in [6.45, 7) is 6.78. The molecule has 1 nitrogen and oxygen atoms in total. The average molecular weight is 353 g/mol. The van der Waals surface area contributed by atoms with E-state index in [2.05, 4.69) is 31.7 Å². The molecule has 0 aromatic heterocycles. The van der Waals surface area contributed by atoms with Crippen LogP contribution < -0.4 is 0 Å². The maximum Gasteiger partial charge on any atom is 0.0648 e. The Morgan fingerprint density at radius 2 is 1.73 bits per heavy atom. The number of hydrogen-bond donors (Lipinski definition) is 0. The highest BCUT2D eigenvalue weighted by Gasteiger charge is 2.38. The fraction of sp³-hybridized carbons (Fsp3) is 0.680. The third-order valence-electron chi connectivity index (χ3n) is 7.67. The summed E-state index contributed by atoms with van der Waals surface area (Å²) in [5.74, 6) is 3.81. The molecule has 0 N–H and O–H groups in total. The SMILES string of the molecule is C=CCOC1CCC2CC(C3CCc4cc(CC)ccc4C3)CCC2C1. The first-order valence-corrected chi connectivity index (χ1v) is 11.1. The molecule has 2 fully saturated rings. The molecule has 5 atom stereocenters. The maximum absolute atomic E-state index is 5.96. The van der Waals surface area contributed by atoms with Gasteiger partial charge in [0.05, 0.1) is 12.7 Å². The molecule has 0 heterocycles. The van der Waals surface area contributed by atoms with E-state index >= 15 is 0 Å². The van der Waals surface area contributed by atoms with Crippen molar-refractivity contribution in [2.24, 2.45) is 23.7 Å². The van der Waals surface area contributed by atoms with Gasteiger partial charge < -0.3 is 4.74 Å². The Bertz CT molecular complexity index is 619.